The van der Waals surface area contributed by atoms with E-state index in [0.29, 0.717) is 32.0 Å². The molecule has 144 valence electrons. The maximum Gasteiger partial charge on any atom is 0.243 e. The molecule has 0 radical (unpaired) electrons. The van der Waals surface area contributed by atoms with E-state index in [1.807, 2.05) is 29.0 Å². The van der Waals surface area contributed by atoms with E-state index >= 15 is 0 Å². The summed E-state index contributed by atoms with van der Waals surface area (Å²) in [6.45, 7) is 2.36. The summed E-state index contributed by atoms with van der Waals surface area (Å²) in [6, 6.07) is 7.35. The number of aromatic nitrogens is 1. The molecule has 1 aromatic carbocycles. The first-order valence-corrected chi connectivity index (χ1v) is 8.78. The summed E-state index contributed by atoms with van der Waals surface area (Å²) in [5.74, 6) is -0.662. The van der Waals surface area contributed by atoms with Gasteiger partial charge in [0, 0.05) is 35.9 Å². The van der Waals surface area contributed by atoms with Crippen LogP contribution in [-0.4, -0.2) is 66.6 Å². The Morgan fingerprint density at radius 3 is 2.63 bits per heavy atom. The highest BCUT2D eigenvalue weighted by Crippen LogP contribution is 2.21. The number of benzene rings is 1. The lowest BCUT2D eigenvalue weighted by Crippen LogP contribution is -2.42. The van der Waals surface area contributed by atoms with Crippen LogP contribution in [0.2, 0.25) is 0 Å². The average Bonchev–Trinajstić information content (AvgIpc) is 3.08. The maximum absolute atomic E-state index is 12.4. The molecule has 2 aromatic rings. The normalized spacial score (nSPS) is 14.2. The Kier molecular flexibility index (Phi) is 6.05. The lowest BCUT2D eigenvalue weighted by Gasteiger charge is -2.27. The molecule has 0 unspecified atom stereocenters. The molecule has 1 aliphatic rings. The van der Waals surface area contributed by atoms with Crippen molar-refractivity contribution in [2.75, 3.05) is 44.7 Å². The highest BCUT2D eigenvalue weighted by atomic mass is 16.5. The van der Waals surface area contributed by atoms with Gasteiger partial charge in [0.1, 0.15) is 6.54 Å². The molecule has 1 fully saturated rings. The van der Waals surface area contributed by atoms with Crippen LogP contribution in [0, 0.1) is 0 Å². The molecule has 4 N–H and O–H groups in total. The quantitative estimate of drug-likeness (QED) is 0.632. The molecular weight excluding hydrogens is 350 g/mol. The van der Waals surface area contributed by atoms with Crippen LogP contribution in [0.15, 0.2) is 30.5 Å². The van der Waals surface area contributed by atoms with Crippen molar-refractivity contribution in [1.29, 1.82) is 0 Å². The molecule has 1 aliphatic heterocycles. The van der Waals surface area contributed by atoms with Crippen LogP contribution in [0.4, 0.5) is 5.69 Å². The van der Waals surface area contributed by atoms with Gasteiger partial charge in [-0.3, -0.25) is 14.4 Å². The zero-order chi connectivity index (χ0) is 19.2. The molecule has 3 amide bonds. The number of ether oxygens (including phenoxy) is 1. The molecule has 1 aromatic heterocycles. The number of morpholine rings is 1. The van der Waals surface area contributed by atoms with Crippen LogP contribution < -0.4 is 16.4 Å². The van der Waals surface area contributed by atoms with Gasteiger partial charge in [0.15, 0.2) is 0 Å². The Bertz CT molecular complexity index is 841. The molecule has 27 heavy (non-hydrogen) atoms. The monoisotopic (exact) mass is 373 g/mol. The van der Waals surface area contributed by atoms with E-state index in [1.54, 1.807) is 11.0 Å². The lowest BCUT2D eigenvalue weighted by molar-refractivity contribution is -0.135. The molecule has 9 nitrogen and oxygen atoms in total. The van der Waals surface area contributed by atoms with Gasteiger partial charge in [0.2, 0.25) is 17.7 Å². The number of amides is 3. The number of carbonyl (C=O) groups is 3. The Morgan fingerprint density at radius 1 is 1.11 bits per heavy atom. The van der Waals surface area contributed by atoms with Gasteiger partial charge in [-0.15, -0.1) is 0 Å². The maximum atomic E-state index is 12.4. The summed E-state index contributed by atoms with van der Waals surface area (Å²) in [4.78, 5) is 37.2. The lowest BCUT2D eigenvalue weighted by atomic mass is 10.2. The first-order chi connectivity index (χ1) is 13.1. The van der Waals surface area contributed by atoms with E-state index in [-0.39, 0.29) is 37.4 Å². The van der Waals surface area contributed by atoms with Gasteiger partial charge in [-0.25, -0.2) is 0 Å². The Labute approximate surface area is 156 Å². The molecule has 0 atom stereocenters. The third kappa shape index (κ3) is 4.83. The zero-order valence-electron chi connectivity index (χ0n) is 14.9. The third-order valence-corrected chi connectivity index (χ3v) is 4.36. The van der Waals surface area contributed by atoms with E-state index in [4.69, 9.17) is 10.5 Å². The minimum Gasteiger partial charge on any atom is -0.378 e. The summed E-state index contributed by atoms with van der Waals surface area (Å²) in [6.07, 6.45) is 1.86. The van der Waals surface area contributed by atoms with Gasteiger partial charge in [-0.05, 0) is 24.3 Å². The van der Waals surface area contributed by atoms with Crippen molar-refractivity contribution in [3.8, 4) is 0 Å². The Balaban J connectivity index is 1.63. The van der Waals surface area contributed by atoms with Crippen LogP contribution >= 0.6 is 0 Å². The topological polar surface area (TPSA) is 119 Å². The minimum atomic E-state index is -0.386. The third-order valence-electron chi connectivity index (χ3n) is 4.36. The van der Waals surface area contributed by atoms with Crippen LogP contribution in [-0.2, 0) is 25.7 Å². The summed E-state index contributed by atoms with van der Waals surface area (Å²) in [7, 11) is 0. The molecule has 2 heterocycles. The smallest absolute Gasteiger partial charge is 0.243 e. The van der Waals surface area contributed by atoms with Gasteiger partial charge in [0.05, 0.1) is 26.3 Å². The number of anilines is 1. The van der Waals surface area contributed by atoms with E-state index in [9.17, 15) is 14.4 Å². The molecule has 0 spiro atoms. The highest BCUT2D eigenvalue weighted by molar-refractivity contribution is 5.96. The van der Waals surface area contributed by atoms with Gasteiger partial charge in [-0.1, -0.05) is 0 Å². The predicted molar refractivity (Wildman–Crippen MR) is 100 cm³/mol. The summed E-state index contributed by atoms with van der Waals surface area (Å²) in [5.41, 5.74) is 6.70. The number of nitrogens with one attached hydrogen (secondary N) is 2. The summed E-state index contributed by atoms with van der Waals surface area (Å²) < 4.78 is 7.16. The first kappa shape index (κ1) is 18.9. The standard InChI is InChI=1S/C18H23N5O4/c19-10-16(24)20-11-17(25)21-14-1-2-15-13(9-14)3-4-23(15)12-18(26)22-5-7-27-8-6-22/h1-4,9H,5-8,10-12,19H2,(H,20,24)(H,21,25). The fourth-order valence-corrected chi connectivity index (χ4v) is 2.93. The number of nitrogens with zero attached hydrogens (tertiary/aromatic N) is 2. The van der Waals surface area contributed by atoms with Gasteiger partial charge < -0.3 is 30.6 Å². The van der Waals surface area contributed by atoms with Crippen molar-refractivity contribution < 1.29 is 19.1 Å². The van der Waals surface area contributed by atoms with Gasteiger partial charge in [0.25, 0.3) is 0 Å². The number of carbonyl (C=O) groups excluding carboxylic acids is 3. The fraction of sp³-hybridized carbons (Fsp3) is 0.389. The van der Waals surface area contributed by atoms with Crippen molar-refractivity contribution in [1.82, 2.24) is 14.8 Å². The van der Waals surface area contributed by atoms with Crippen LogP contribution in [0.5, 0.6) is 0 Å². The van der Waals surface area contributed by atoms with Crippen molar-refractivity contribution in [2.24, 2.45) is 5.73 Å². The second-order valence-corrected chi connectivity index (χ2v) is 6.24. The van der Waals surface area contributed by atoms with E-state index in [1.165, 1.54) is 0 Å². The van der Waals surface area contributed by atoms with Crippen molar-refractivity contribution in [2.45, 2.75) is 6.54 Å². The highest BCUT2D eigenvalue weighted by Gasteiger charge is 2.17. The van der Waals surface area contributed by atoms with Crippen molar-refractivity contribution >= 4 is 34.3 Å². The first-order valence-electron chi connectivity index (χ1n) is 8.78. The number of fused-ring (bicyclic) bond motifs is 1. The summed E-state index contributed by atoms with van der Waals surface area (Å²) in [5, 5.41) is 6.05. The molecular formula is C18H23N5O4. The van der Waals surface area contributed by atoms with Crippen LogP contribution in [0.25, 0.3) is 10.9 Å². The van der Waals surface area contributed by atoms with Gasteiger partial charge in [-0.2, -0.15) is 0 Å². The Morgan fingerprint density at radius 2 is 1.89 bits per heavy atom. The number of hydrogen-bond donors (Lipinski definition) is 3. The SMILES string of the molecule is NCC(=O)NCC(=O)Nc1ccc2c(ccn2CC(=O)N2CCOCC2)c1. The van der Waals surface area contributed by atoms with Crippen LogP contribution in [0.1, 0.15) is 0 Å². The van der Waals surface area contributed by atoms with E-state index < -0.39 is 0 Å². The second kappa shape index (κ2) is 8.65. The molecule has 1 saturated heterocycles. The minimum absolute atomic E-state index is 0.0591. The number of hydrogen-bond acceptors (Lipinski definition) is 5. The summed E-state index contributed by atoms with van der Waals surface area (Å²) >= 11 is 0. The second-order valence-electron chi connectivity index (χ2n) is 6.24. The molecule has 9 heteroatoms. The van der Waals surface area contributed by atoms with Gasteiger partial charge >= 0.3 is 0 Å². The van der Waals surface area contributed by atoms with Crippen molar-refractivity contribution in [3.63, 3.8) is 0 Å². The molecule has 0 saturated carbocycles. The van der Waals surface area contributed by atoms with E-state index in [0.717, 1.165) is 10.9 Å². The zero-order valence-corrected chi connectivity index (χ0v) is 14.9. The number of nitrogens with two attached hydrogens (primary N) is 1. The Hall–Kier alpha value is -2.91. The molecule has 0 aliphatic carbocycles. The van der Waals surface area contributed by atoms with Crippen LogP contribution in [0.3, 0.4) is 0 Å². The molecule has 0 bridgehead atoms. The fourth-order valence-electron chi connectivity index (χ4n) is 2.93. The van der Waals surface area contributed by atoms with Crippen molar-refractivity contribution in [3.05, 3.63) is 30.5 Å². The van der Waals surface area contributed by atoms with E-state index in [2.05, 4.69) is 10.6 Å². The molecule has 3 rings (SSSR count). The predicted octanol–water partition coefficient (Wildman–Crippen LogP) is -0.486. The number of rotatable bonds is 6. The largest absolute Gasteiger partial charge is 0.378 e. The average molecular weight is 373 g/mol.